The van der Waals surface area contributed by atoms with Crippen LogP contribution in [0.15, 0.2) is 0 Å². The van der Waals surface area contributed by atoms with E-state index in [-0.39, 0.29) is 5.91 Å². The number of hydrogen-bond acceptors (Lipinski definition) is 2. The van der Waals surface area contributed by atoms with Crippen molar-refractivity contribution in [2.24, 2.45) is 0 Å². The molecule has 0 rings (SSSR count). The molecule has 0 atom stereocenters. The van der Waals surface area contributed by atoms with E-state index in [2.05, 4.69) is 5.32 Å². The van der Waals surface area contributed by atoms with Crippen LogP contribution in [-0.2, 0) is 9.59 Å². The Bertz CT molecular complexity index is 73.5. The summed E-state index contributed by atoms with van der Waals surface area (Å²) in [5.41, 5.74) is 0. The summed E-state index contributed by atoms with van der Waals surface area (Å²) in [4.78, 5) is 18.1. The summed E-state index contributed by atoms with van der Waals surface area (Å²) < 4.78 is 0. The van der Waals surface area contributed by atoms with Gasteiger partial charge in [0.1, 0.15) is 6.79 Å². The largest absolute Gasteiger partial charge is 0.356 e. The van der Waals surface area contributed by atoms with Crippen molar-refractivity contribution in [2.75, 3.05) is 6.54 Å². The van der Waals surface area contributed by atoms with Crippen LogP contribution in [0.3, 0.4) is 0 Å². The highest BCUT2D eigenvalue weighted by molar-refractivity contribution is 5.72. The molecule has 0 aliphatic rings. The van der Waals surface area contributed by atoms with Crippen molar-refractivity contribution < 1.29 is 9.59 Å². The summed E-state index contributed by atoms with van der Waals surface area (Å²) in [5.74, 6) is 0.0573. The zero-order chi connectivity index (χ0) is 7.70. The average molecular weight is 131 g/mol. The fourth-order valence-corrected chi connectivity index (χ4v) is 0.301. The van der Waals surface area contributed by atoms with Crippen LogP contribution in [0.1, 0.15) is 20.3 Å². The van der Waals surface area contributed by atoms with Gasteiger partial charge in [-0.25, -0.2) is 0 Å². The third-order valence-electron chi connectivity index (χ3n) is 0.624. The second kappa shape index (κ2) is 10.2. The van der Waals surface area contributed by atoms with Crippen LogP contribution in [-0.4, -0.2) is 19.2 Å². The molecule has 1 N–H and O–H groups in total. The van der Waals surface area contributed by atoms with Gasteiger partial charge in [0.25, 0.3) is 0 Å². The van der Waals surface area contributed by atoms with Crippen LogP contribution in [0.2, 0.25) is 0 Å². The summed E-state index contributed by atoms with van der Waals surface area (Å²) in [6.07, 6.45) is 1.01. The molecule has 9 heavy (non-hydrogen) atoms. The van der Waals surface area contributed by atoms with E-state index in [1.54, 1.807) is 0 Å². The molecule has 0 unspecified atom stereocenters. The lowest BCUT2D eigenvalue weighted by Crippen LogP contribution is -2.19. The standard InChI is InChI=1S/C5H11NO.CH2O/c1-3-4-6-5(2)7;1-2/h3-4H2,1-2H3,(H,6,7);1H2. The van der Waals surface area contributed by atoms with Crippen molar-refractivity contribution >= 4 is 12.7 Å². The minimum Gasteiger partial charge on any atom is -0.356 e. The summed E-state index contributed by atoms with van der Waals surface area (Å²) in [6.45, 7) is 6.35. The molecule has 0 radical (unpaired) electrons. The Morgan fingerprint density at radius 3 is 2.11 bits per heavy atom. The highest BCUT2D eigenvalue weighted by atomic mass is 16.1. The van der Waals surface area contributed by atoms with Gasteiger partial charge in [-0.2, -0.15) is 0 Å². The van der Waals surface area contributed by atoms with E-state index in [4.69, 9.17) is 4.79 Å². The van der Waals surface area contributed by atoms with Crippen LogP contribution < -0.4 is 5.32 Å². The number of carbonyl (C=O) groups excluding carboxylic acids is 2. The molecule has 1 amide bonds. The maximum Gasteiger partial charge on any atom is 0.216 e. The minimum atomic E-state index is 0.0573. The number of carbonyl (C=O) groups is 2. The molecule has 0 spiro atoms. The van der Waals surface area contributed by atoms with Gasteiger partial charge >= 0.3 is 0 Å². The van der Waals surface area contributed by atoms with Crippen LogP contribution in [0.5, 0.6) is 0 Å². The highest BCUT2D eigenvalue weighted by Gasteiger charge is 1.83. The first-order valence-electron chi connectivity index (χ1n) is 2.80. The topological polar surface area (TPSA) is 46.2 Å². The fourth-order valence-electron chi connectivity index (χ4n) is 0.301. The Morgan fingerprint density at radius 1 is 1.56 bits per heavy atom. The van der Waals surface area contributed by atoms with Gasteiger partial charge in [-0.05, 0) is 6.42 Å². The zero-order valence-corrected chi connectivity index (χ0v) is 5.94. The molecule has 0 aliphatic carbocycles. The Hall–Kier alpha value is -0.860. The summed E-state index contributed by atoms with van der Waals surface area (Å²) in [6, 6.07) is 0. The van der Waals surface area contributed by atoms with E-state index in [0.29, 0.717) is 0 Å². The van der Waals surface area contributed by atoms with Gasteiger partial charge in [0, 0.05) is 13.5 Å². The maximum atomic E-state index is 10.1. The van der Waals surface area contributed by atoms with Gasteiger partial charge in [-0.1, -0.05) is 6.92 Å². The normalized spacial score (nSPS) is 6.89. The first kappa shape index (κ1) is 11.0. The van der Waals surface area contributed by atoms with E-state index < -0.39 is 0 Å². The Labute approximate surface area is 55.4 Å². The van der Waals surface area contributed by atoms with E-state index in [1.807, 2.05) is 13.7 Å². The number of hydrogen-bond donors (Lipinski definition) is 1. The SMILES string of the molecule is C=O.CCCNC(C)=O. The van der Waals surface area contributed by atoms with Crippen molar-refractivity contribution in [3.05, 3.63) is 0 Å². The van der Waals surface area contributed by atoms with Crippen molar-refractivity contribution in [3.8, 4) is 0 Å². The molecule has 3 heteroatoms. The number of amides is 1. The summed E-state index contributed by atoms with van der Waals surface area (Å²) in [5, 5.41) is 2.66. The molecule has 0 saturated carbocycles. The molecule has 0 fully saturated rings. The van der Waals surface area contributed by atoms with E-state index in [1.165, 1.54) is 6.92 Å². The fraction of sp³-hybridized carbons (Fsp3) is 0.667. The van der Waals surface area contributed by atoms with Crippen molar-refractivity contribution in [2.45, 2.75) is 20.3 Å². The van der Waals surface area contributed by atoms with Gasteiger partial charge < -0.3 is 10.1 Å². The molecule has 0 heterocycles. The molecule has 0 aromatic carbocycles. The number of nitrogens with one attached hydrogen (secondary N) is 1. The minimum absolute atomic E-state index is 0.0573. The van der Waals surface area contributed by atoms with Crippen molar-refractivity contribution in [1.29, 1.82) is 0 Å². The Morgan fingerprint density at radius 2 is 2.00 bits per heavy atom. The van der Waals surface area contributed by atoms with Crippen LogP contribution in [0, 0.1) is 0 Å². The lowest BCUT2D eigenvalue weighted by atomic mass is 10.5. The summed E-state index contributed by atoms with van der Waals surface area (Å²) in [7, 11) is 0. The first-order valence-corrected chi connectivity index (χ1v) is 2.80. The Kier molecular flexibility index (Phi) is 12.5. The van der Waals surface area contributed by atoms with Gasteiger partial charge in [0.05, 0.1) is 0 Å². The maximum absolute atomic E-state index is 10.1. The van der Waals surface area contributed by atoms with Crippen molar-refractivity contribution in [1.82, 2.24) is 5.32 Å². The molecule has 3 nitrogen and oxygen atoms in total. The molecular weight excluding hydrogens is 118 g/mol. The van der Waals surface area contributed by atoms with Gasteiger partial charge in [-0.3, -0.25) is 4.79 Å². The molecule has 0 aromatic heterocycles. The number of rotatable bonds is 2. The second-order valence-electron chi connectivity index (χ2n) is 1.48. The van der Waals surface area contributed by atoms with Gasteiger partial charge in [0.15, 0.2) is 0 Å². The van der Waals surface area contributed by atoms with E-state index in [0.717, 1.165) is 13.0 Å². The molecular formula is C6H13NO2. The predicted octanol–water partition coefficient (Wildman–Crippen LogP) is 0.348. The smallest absolute Gasteiger partial charge is 0.216 e. The predicted molar refractivity (Wildman–Crippen MR) is 36.1 cm³/mol. The quantitative estimate of drug-likeness (QED) is 0.587. The Balaban J connectivity index is 0. The molecule has 0 bridgehead atoms. The van der Waals surface area contributed by atoms with Crippen LogP contribution in [0.4, 0.5) is 0 Å². The monoisotopic (exact) mass is 131 g/mol. The highest BCUT2D eigenvalue weighted by Crippen LogP contribution is 1.67. The van der Waals surface area contributed by atoms with E-state index >= 15 is 0 Å². The van der Waals surface area contributed by atoms with E-state index in [9.17, 15) is 4.79 Å². The third kappa shape index (κ3) is 19.1. The summed E-state index contributed by atoms with van der Waals surface area (Å²) >= 11 is 0. The lowest BCUT2D eigenvalue weighted by molar-refractivity contribution is -0.118. The van der Waals surface area contributed by atoms with Gasteiger partial charge in [-0.15, -0.1) is 0 Å². The molecule has 0 aliphatic heterocycles. The zero-order valence-electron chi connectivity index (χ0n) is 5.94. The molecule has 0 aromatic rings. The van der Waals surface area contributed by atoms with Gasteiger partial charge in [0.2, 0.25) is 5.91 Å². The molecule has 54 valence electrons. The molecule has 0 saturated heterocycles. The van der Waals surface area contributed by atoms with Crippen molar-refractivity contribution in [3.63, 3.8) is 0 Å². The lowest BCUT2D eigenvalue weighted by Gasteiger charge is -1.93. The van der Waals surface area contributed by atoms with Crippen LogP contribution >= 0.6 is 0 Å². The first-order chi connectivity index (χ1) is 4.27. The average Bonchev–Trinajstić information content (AvgIpc) is 1.88. The second-order valence-corrected chi connectivity index (χ2v) is 1.48. The van der Waals surface area contributed by atoms with Crippen LogP contribution in [0.25, 0.3) is 0 Å². The third-order valence-corrected chi connectivity index (χ3v) is 0.624.